The zero-order chi connectivity index (χ0) is 19.9. The van der Waals surface area contributed by atoms with Gasteiger partial charge in [-0.2, -0.15) is 0 Å². The molecule has 6 heteroatoms. The summed E-state index contributed by atoms with van der Waals surface area (Å²) in [4.78, 5) is 26.6. The van der Waals surface area contributed by atoms with Crippen LogP contribution in [0.25, 0.3) is 0 Å². The van der Waals surface area contributed by atoms with Crippen LogP contribution in [0.4, 0.5) is 21.9 Å². The fourth-order valence-electron chi connectivity index (χ4n) is 2.76. The molecule has 0 saturated heterocycles. The number of amides is 3. The minimum absolute atomic E-state index is 0.0939. The molecule has 0 heterocycles. The van der Waals surface area contributed by atoms with Gasteiger partial charge in [-0.15, -0.1) is 0 Å². The molecule has 28 heavy (non-hydrogen) atoms. The van der Waals surface area contributed by atoms with E-state index in [0.717, 1.165) is 5.69 Å². The summed E-state index contributed by atoms with van der Waals surface area (Å²) in [6.07, 6.45) is 0. The molecule has 0 aliphatic heterocycles. The van der Waals surface area contributed by atoms with E-state index in [1.165, 1.54) is 0 Å². The number of nitrogens with zero attached hydrogens (tertiary/aromatic N) is 1. The largest absolute Gasteiger partial charge is 0.323 e. The average molecular weight is 394 g/mol. The summed E-state index contributed by atoms with van der Waals surface area (Å²) in [5.41, 5.74) is 2.57. The van der Waals surface area contributed by atoms with Crippen LogP contribution in [-0.4, -0.2) is 18.5 Å². The minimum atomic E-state index is -0.388. The fraction of sp³-hybridized carbons (Fsp3) is 0.0909. The second-order valence-corrected chi connectivity index (χ2v) is 6.49. The zero-order valence-corrected chi connectivity index (χ0v) is 16.1. The Labute approximate surface area is 168 Å². The van der Waals surface area contributed by atoms with Crippen molar-refractivity contribution >= 4 is 40.6 Å². The van der Waals surface area contributed by atoms with Gasteiger partial charge < -0.3 is 15.5 Å². The number of hydrogen-bond acceptors (Lipinski definition) is 2. The minimum Gasteiger partial charge on any atom is -0.309 e. The Balaban J connectivity index is 1.65. The number of benzene rings is 3. The third kappa shape index (κ3) is 4.90. The summed E-state index contributed by atoms with van der Waals surface area (Å²) >= 11 is 5.91. The van der Waals surface area contributed by atoms with Crippen LogP contribution in [0.1, 0.15) is 17.3 Å². The number of halogens is 1. The number of carbonyl (C=O) groups is 2. The van der Waals surface area contributed by atoms with Crippen LogP contribution in [0.15, 0.2) is 78.9 Å². The van der Waals surface area contributed by atoms with E-state index >= 15 is 0 Å². The standard InChI is InChI=1S/C22H20ClN3O2/c1-2-26(20-9-4-3-5-10-20)21(27)16-11-13-18(14-12-16)24-22(28)25-19-8-6-7-17(23)15-19/h3-15H,2H2,1H3,(H2,24,25,28). The van der Waals surface area contributed by atoms with Crippen molar-refractivity contribution in [1.29, 1.82) is 0 Å². The summed E-state index contributed by atoms with van der Waals surface area (Å²) in [5.74, 6) is -0.0939. The first kappa shape index (κ1) is 19.5. The van der Waals surface area contributed by atoms with Gasteiger partial charge in [0, 0.05) is 34.2 Å². The van der Waals surface area contributed by atoms with E-state index in [4.69, 9.17) is 11.6 Å². The van der Waals surface area contributed by atoms with E-state index in [9.17, 15) is 9.59 Å². The van der Waals surface area contributed by atoms with Gasteiger partial charge in [-0.3, -0.25) is 4.79 Å². The normalized spacial score (nSPS) is 10.2. The molecular weight excluding hydrogens is 374 g/mol. The maximum atomic E-state index is 12.8. The molecule has 5 nitrogen and oxygen atoms in total. The van der Waals surface area contributed by atoms with Crippen molar-refractivity contribution in [2.24, 2.45) is 0 Å². The fourth-order valence-corrected chi connectivity index (χ4v) is 2.95. The van der Waals surface area contributed by atoms with Gasteiger partial charge in [-0.25, -0.2) is 4.79 Å². The highest BCUT2D eigenvalue weighted by atomic mass is 35.5. The van der Waals surface area contributed by atoms with Gasteiger partial charge >= 0.3 is 6.03 Å². The van der Waals surface area contributed by atoms with Crippen molar-refractivity contribution in [3.63, 3.8) is 0 Å². The first-order valence-corrected chi connectivity index (χ1v) is 9.25. The monoisotopic (exact) mass is 393 g/mol. The van der Waals surface area contributed by atoms with Crippen LogP contribution in [0, 0.1) is 0 Å². The maximum absolute atomic E-state index is 12.8. The molecule has 0 aromatic heterocycles. The first-order chi connectivity index (χ1) is 13.6. The average Bonchev–Trinajstić information content (AvgIpc) is 2.70. The van der Waals surface area contributed by atoms with Crippen molar-refractivity contribution < 1.29 is 9.59 Å². The van der Waals surface area contributed by atoms with Crippen LogP contribution in [0.2, 0.25) is 5.02 Å². The summed E-state index contributed by atoms with van der Waals surface area (Å²) < 4.78 is 0. The Morgan fingerprint density at radius 3 is 2.18 bits per heavy atom. The quantitative estimate of drug-likeness (QED) is 0.588. The van der Waals surface area contributed by atoms with Gasteiger partial charge in [0.1, 0.15) is 0 Å². The maximum Gasteiger partial charge on any atom is 0.323 e. The van der Waals surface area contributed by atoms with Crippen molar-refractivity contribution in [2.75, 3.05) is 22.1 Å². The van der Waals surface area contributed by atoms with Gasteiger partial charge in [-0.05, 0) is 61.5 Å². The Morgan fingerprint density at radius 1 is 0.857 bits per heavy atom. The highest BCUT2D eigenvalue weighted by Crippen LogP contribution is 2.19. The summed E-state index contributed by atoms with van der Waals surface area (Å²) in [5, 5.41) is 5.98. The van der Waals surface area contributed by atoms with Gasteiger partial charge in [0.15, 0.2) is 0 Å². The number of urea groups is 1. The molecular formula is C22H20ClN3O2. The summed E-state index contributed by atoms with van der Waals surface area (Å²) in [7, 11) is 0. The highest BCUT2D eigenvalue weighted by molar-refractivity contribution is 6.30. The molecule has 3 aromatic carbocycles. The molecule has 3 rings (SSSR count). The van der Waals surface area contributed by atoms with Crippen molar-refractivity contribution in [1.82, 2.24) is 0 Å². The molecule has 0 aliphatic carbocycles. The number of anilines is 3. The zero-order valence-electron chi connectivity index (χ0n) is 15.4. The van der Waals surface area contributed by atoms with Crippen molar-refractivity contribution in [2.45, 2.75) is 6.92 Å². The third-order valence-electron chi connectivity index (χ3n) is 4.10. The third-order valence-corrected chi connectivity index (χ3v) is 4.34. The second-order valence-electron chi connectivity index (χ2n) is 6.05. The SMILES string of the molecule is CCN(C(=O)c1ccc(NC(=O)Nc2cccc(Cl)c2)cc1)c1ccccc1. The predicted octanol–water partition coefficient (Wildman–Crippen LogP) is 5.65. The smallest absolute Gasteiger partial charge is 0.309 e. The lowest BCUT2D eigenvalue weighted by Gasteiger charge is -2.21. The van der Waals surface area contributed by atoms with Crippen LogP contribution in [0.3, 0.4) is 0 Å². The molecule has 0 radical (unpaired) electrons. The van der Waals surface area contributed by atoms with Crippen LogP contribution >= 0.6 is 11.6 Å². The summed E-state index contributed by atoms with van der Waals surface area (Å²) in [6.45, 7) is 2.49. The molecule has 3 aromatic rings. The lowest BCUT2D eigenvalue weighted by Crippen LogP contribution is -2.30. The van der Waals surface area contributed by atoms with E-state index in [0.29, 0.717) is 28.5 Å². The molecule has 0 spiro atoms. The lowest BCUT2D eigenvalue weighted by atomic mass is 10.1. The highest BCUT2D eigenvalue weighted by Gasteiger charge is 2.15. The number of para-hydroxylation sites is 1. The molecule has 0 unspecified atom stereocenters. The van der Waals surface area contributed by atoms with E-state index in [1.54, 1.807) is 53.4 Å². The lowest BCUT2D eigenvalue weighted by molar-refractivity contribution is 0.0988. The first-order valence-electron chi connectivity index (χ1n) is 8.87. The van der Waals surface area contributed by atoms with Crippen LogP contribution in [-0.2, 0) is 0 Å². The van der Waals surface area contributed by atoms with E-state index in [1.807, 2.05) is 37.3 Å². The number of nitrogens with one attached hydrogen (secondary N) is 2. The number of carbonyl (C=O) groups excluding carboxylic acids is 2. The number of rotatable bonds is 5. The second kappa shape index (κ2) is 9.06. The molecule has 0 fully saturated rings. The topological polar surface area (TPSA) is 61.4 Å². The van der Waals surface area contributed by atoms with Crippen molar-refractivity contribution in [3.8, 4) is 0 Å². The van der Waals surface area contributed by atoms with E-state index in [-0.39, 0.29) is 11.9 Å². The van der Waals surface area contributed by atoms with Crippen molar-refractivity contribution in [3.05, 3.63) is 89.4 Å². The van der Waals surface area contributed by atoms with Gasteiger partial charge in [0.25, 0.3) is 5.91 Å². The van der Waals surface area contributed by atoms with Gasteiger partial charge in [0.2, 0.25) is 0 Å². The van der Waals surface area contributed by atoms with E-state index < -0.39 is 0 Å². The summed E-state index contributed by atoms with van der Waals surface area (Å²) in [6, 6.07) is 22.8. The Kier molecular flexibility index (Phi) is 6.29. The number of hydrogen-bond donors (Lipinski definition) is 2. The molecule has 142 valence electrons. The Bertz CT molecular complexity index is 959. The molecule has 2 N–H and O–H groups in total. The molecule has 0 atom stereocenters. The predicted molar refractivity (Wildman–Crippen MR) is 114 cm³/mol. The Hall–Kier alpha value is -3.31. The van der Waals surface area contributed by atoms with Crippen LogP contribution < -0.4 is 15.5 Å². The van der Waals surface area contributed by atoms with Crippen LogP contribution in [0.5, 0.6) is 0 Å². The Morgan fingerprint density at radius 2 is 1.54 bits per heavy atom. The molecule has 0 saturated carbocycles. The molecule has 3 amide bonds. The molecule has 0 bridgehead atoms. The molecule has 0 aliphatic rings. The van der Waals surface area contributed by atoms with Gasteiger partial charge in [-0.1, -0.05) is 35.9 Å². The van der Waals surface area contributed by atoms with E-state index in [2.05, 4.69) is 10.6 Å². The van der Waals surface area contributed by atoms with Gasteiger partial charge in [0.05, 0.1) is 0 Å².